The Morgan fingerprint density at radius 2 is 1.92 bits per heavy atom. The van der Waals surface area contributed by atoms with Gasteiger partial charge in [0.05, 0.1) is 19.1 Å². The minimum atomic E-state index is -0.250. The van der Waals surface area contributed by atoms with Crippen LogP contribution in [0.15, 0.2) is 30.3 Å². The number of benzene rings is 1. The van der Waals surface area contributed by atoms with Crippen LogP contribution in [0, 0.1) is 5.92 Å². The molecular formula is C20H31N3O2. The molecule has 2 heterocycles. The zero-order valence-electron chi connectivity index (χ0n) is 15.3. The predicted octanol–water partition coefficient (Wildman–Crippen LogP) is 2.04. The van der Waals surface area contributed by atoms with Gasteiger partial charge in [0.25, 0.3) is 0 Å². The topological polar surface area (TPSA) is 58.8 Å². The van der Waals surface area contributed by atoms with Crippen molar-refractivity contribution in [3.8, 4) is 0 Å². The Balaban J connectivity index is 1.65. The van der Waals surface area contributed by atoms with Crippen LogP contribution in [0.3, 0.4) is 0 Å². The summed E-state index contributed by atoms with van der Waals surface area (Å²) in [6, 6.07) is 10.0. The van der Waals surface area contributed by atoms with Crippen LogP contribution in [-0.2, 0) is 9.53 Å². The molecule has 2 aliphatic heterocycles. The number of hydrogen-bond acceptors (Lipinski definition) is 4. The number of ether oxygens (including phenoxy) is 1. The Morgan fingerprint density at radius 3 is 2.64 bits per heavy atom. The molecule has 25 heavy (non-hydrogen) atoms. The van der Waals surface area contributed by atoms with E-state index >= 15 is 0 Å². The smallest absolute Gasteiger partial charge is 0.227 e. The maximum absolute atomic E-state index is 13.2. The van der Waals surface area contributed by atoms with Crippen LogP contribution in [0.4, 0.5) is 0 Å². The molecule has 2 saturated heterocycles. The quantitative estimate of drug-likeness (QED) is 0.887. The third-order valence-electron chi connectivity index (χ3n) is 5.60. The Labute approximate surface area is 151 Å². The second-order valence-electron chi connectivity index (χ2n) is 7.32. The van der Waals surface area contributed by atoms with Crippen molar-refractivity contribution in [2.24, 2.45) is 11.7 Å². The minimum absolute atomic E-state index is 0.201. The lowest BCUT2D eigenvalue weighted by Crippen LogP contribution is -2.53. The summed E-state index contributed by atoms with van der Waals surface area (Å²) in [5.74, 6) is 0.00185. The number of carbonyl (C=O) groups is 1. The fourth-order valence-electron chi connectivity index (χ4n) is 3.94. The molecule has 2 N–H and O–H groups in total. The Morgan fingerprint density at radius 1 is 1.20 bits per heavy atom. The monoisotopic (exact) mass is 345 g/mol. The van der Waals surface area contributed by atoms with Gasteiger partial charge in [-0.15, -0.1) is 0 Å². The first-order chi connectivity index (χ1) is 12.2. The number of piperidine rings is 1. The fourth-order valence-corrected chi connectivity index (χ4v) is 3.94. The highest BCUT2D eigenvalue weighted by molar-refractivity contribution is 5.80. The van der Waals surface area contributed by atoms with Crippen molar-refractivity contribution in [1.82, 2.24) is 9.80 Å². The van der Waals surface area contributed by atoms with Gasteiger partial charge < -0.3 is 15.4 Å². The lowest BCUT2D eigenvalue weighted by Gasteiger charge is -2.41. The molecule has 0 aliphatic carbocycles. The van der Waals surface area contributed by atoms with Crippen molar-refractivity contribution in [3.05, 3.63) is 35.9 Å². The van der Waals surface area contributed by atoms with E-state index in [2.05, 4.69) is 9.80 Å². The molecule has 3 rings (SSSR count). The number of amides is 1. The van der Waals surface area contributed by atoms with Crippen LogP contribution in [0.5, 0.6) is 0 Å². The van der Waals surface area contributed by atoms with E-state index in [4.69, 9.17) is 10.5 Å². The normalized spacial score (nSPS) is 24.7. The summed E-state index contributed by atoms with van der Waals surface area (Å²) in [6.07, 6.45) is 3.40. The van der Waals surface area contributed by atoms with Crippen molar-refractivity contribution in [3.63, 3.8) is 0 Å². The molecule has 3 atom stereocenters. The highest BCUT2D eigenvalue weighted by Gasteiger charge is 2.33. The molecular weight excluding hydrogens is 314 g/mol. The van der Waals surface area contributed by atoms with Crippen molar-refractivity contribution in [2.75, 3.05) is 39.4 Å². The van der Waals surface area contributed by atoms with Crippen molar-refractivity contribution < 1.29 is 9.53 Å². The molecule has 1 aromatic carbocycles. The SMILES string of the molecule is CC(C(=O)N1CCCCC1CN1CCOCC1)C(N)c1ccccc1. The number of likely N-dealkylation sites (tertiary alicyclic amines) is 1. The van der Waals surface area contributed by atoms with Crippen LogP contribution in [0.25, 0.3) is 0 Å². The molecule has 0 aromatic heterocycles. The summed E-state index contributed by atoms with van der Waals surface area (Å²) in [6.45, 7) is 7.34. The second kappa shape index (κ2) is 8.79. The number of carbonyl (C=O) groups excluding carboxylic acids is 1. The summed E-state index contributed by atoms with van der Waals surface area (Å²) in [5, 5.41) is 0. The summed E-state index contributed by atoms with van der Waals surface area (Å²) in [7, 11) is 0. The third kappa shape index (κ3) is 4.60. The van der Waals surface area contributed by atoms with Gasteiger partial charge in [0.15, 0.2) is 0 Å². The number of nitrogens with zero attached hydrogens (tertiary/aromatic N) is 2. The van der Waals surface area contributed by atoms with Crippen molar-refractivity contribution >= 4 is 5.91 Å². The molecule has 2 fully saturated rings. The van der Waals surface area contributed by atoms with E-state index in [1.165, 1.54) is 6.42 Å². The maximum atomic E-state index is 13.2. The van der Waals surface area contributed by atoms with E-state index in [1.807, 2.05) is 37.3 Å². The molecule has 0 saturated carbocycles. The van der Waals surface area contributed by atoms with Gasteiger partial charge in [-0.1, -0.05) is 37.3 Å². The van der Waals surface area contributed by atoms with Gasteiger partial charge >= 0.3 is 0 Å². The molecule has 5 nitrogen and oxygen atoms in total. The van der Waals surface area contributed by atoms with Gasteiger partial charge in [-0.2, -0.15) is 0 Å². The summed E-state index contributed by atoms with van der Waals surface area (Å²) < 4.78 is 5.44. The van der Waals surface area contributed by atoms with Gasteiger partial charge in [0, 0.05) is 38.3 Å². The molecule has 138 valence electrons. The average Bonchev–Trinajstić information content (AvgIpc) is 2.68. The van der Waals surface area contributed by atoms with E-state index in [0.29, 0.717) is 6.04 Å². The molecule has 1 amide bonds. The van der Waals surface area contributed by atoms with Gasteiger partial charge in [-0.3, -0.25) is 9.69 Å². The highest BCUT2D eigenvalue weighted by Crippen LogP contribution is 2.26. The van der Waals surface area contributed by atoms with Crippen LogP contribution in [-0.4, -0.2) is 61.1 Å². The first kappa shape index (κ1) is 18.4. The summed E-state index contributed by atoms with van der Waals surface area (Å²) in [4.78, 5) is 17.7. The fraction of sp³-hybridized carbons (Fsp3) is 0.650. The second-order valence-corrected chi connectivity index (χ2v) is 7.32. The van der Waals surface area contributed by atoms with Crippen LogP contribution >= 0.6 is 0 Å². The predicted molar refractivity (Wildman–Crippen MR) is 99.1 cm³/mol. The zero-order chi connectivity index (χ0) is 17.6. The Hall–Kier alpha value is -1.43. The number of nitrogens with two attached hydrogens (primary N) is 1. The van der Waals surface area contributed by atoms with E-state index in [0.717, 1.165) is 57.8 Å². The largest absolute Gasteiger partial charge is 0.379 e. The van der Waals surface area contributed by atoms with Crippen molar-refractivity contribution in [2.45, 2.75) is 38.3 Å². The van der Waals surface area contributed by atoms with Gasteiger partial charge in [0.1, 0.15) is 0 Å². The molecule has 5 heteroatoms. The van der Waals surface area contributed by atoms with Crippen LogP contribution in [0.1, 0.15) is 37.8 Å². The summed E-state index contributed by atoms with van der Waals surface area (Å²) >= 11 is 0. The molecule has 3 unspecified atom stereocenters. The zero-order valence-corrected chi connectivity index (χ0v) is 15.3. The van der Waals surface area contributed by atoms with E-state index in [1.54, 1.807) is 0 Å². The first-order valence-electron chi connectivity index (χ1n) is 9.58. The lowest BCUT2D eigenvalue weighted by molar-refractivity contribution is -0.140. The molecule has 0 bridgehead atoms. The summed E-state index contributed by atoms with van der Waals surface area (Å²) in [5.41, 5.74) is 7.43. The number of morpholine rings is 1. The Bertz CT molecular complexity index is 545. The lowest BCUT2D eigenvalue weighted by atomic mass is 9.92. The third-order valence-corrected chi connectivity index (χ3v) is 5.60. The van der Waals surface area contributed by atoms with Gasteiger partial charge in [-0.25, -0.2) is 0 Å². The van der Waals surface area contributed by atoms with E-state index in [-0.39, 0.29) is 17.9 Å². The minimum Gasteiger partial charge on any atom is -0.379 e. The van der Waals surface area contributed by atoms with Gasteiger partial charge in [0.2, 0.25) is 5.91 Å². The number of rotatable bonds is 5. The highest BCUT2D eigenvalue weighted by atomic mass is 16.5. The molecule has 0 spiro atoms. The molecule has 1 aromatic rings. The Kier molecular flexibility index (Phi) is 6.45. The van der Waals surface area contributed by atoms with Crippen LogP contribution in [0.2, 0.25) is 0 Å². The van der Waals surface area contributed by atoms with E-state index in [9.17, 15) is 4.79 Å². The van der Waals surface area contributed by atoms with Crippen LogP contribution < -0.4 is 5.73 Å². The average molecular weight is 345 g/mol. The van der Waals surface area contributed by atoms with E-state index < -0.39 is 0 Å². The van der Waals surface area contributed by atoms with Crippen molar-refractivity contribution in [1.29, 1.82) is 0 Å². The molecule has 0 radical (unpaired) electrons. The molecule has 2 aliphatic rings. The standard InChI is InChI=1S/C20H31N3O2/c1-16(19(21)17-7-3-2-4-8-17)20(24)23-10-6-5-9-18(23)15-22-11-13-25-14-12-22/h2-4,7-8,16,18-19H,5-6,9-15,21H2,1H3. The van der Waals surface area contributed by atoms with Gasteiger partial charge in [-0.05, 0) is 24.8 Å². The first-order valence-corrected chi connectivity index (χ1v) is 9.58. The maximum Gasteiger partial charge on any atom is 0.227 e. The number of hydrogen-bond donors (Lipinski definition) is 1.